The highest BCUT2D eigenvalue weighted by atomic mass is 16.3. The number of carbonyl (C=O) groups is 1. The number of aliphatic hydroxyl groups is 1. The van der Waals surface area contributed by atoms with Gasteiger partial charge in [0.1, 0.15) is 0 Å². The van der Waals surface area contributed by atoms with Crippen molar-refractivity contribution in [3.05, 3.63) is 12.7 Å². The van der Waals surface area contributed by atoms with Gasteiger partial charge >= 0.3 is 0 Å². The smallest absolute Gasteiger partial charge is 0.226 e. The van der Waals surface area contributed by atoms with Crippen LogP contribution in [0.4, 0.5) is 0 Å². The molecule has 14 heavy (non-hydrogen) atoms. The van der Waals surface area contributed by atoms with Gasteiger partial charge in [0.2, 0.25) is 5.91 Å². The third-order valence-electron chi connectivity index (χ3n) is 3.39. The van der Waals surface area contributed by atoms with E-state index in [1.807, 2.05) is 4.90 Å². The summed E-state index contributed by atoms with van der Waals surface area (Å²) >= 11 is 0. The molecule has 1 aliphatic heterocycles. The predicted molar refractivity (Wildman–Crippen MR) is 53.6 cm³/mol. The van der Waals surface area contributed by atoms with Crippen molar-refractivity contribution in [2.45, 2.75) is 25.4 Å². The zero-order valence-corrected chi connectivity index (χ0v) is 8.35. The Morgan fingerprint density at radius 3 is 3.07 bits per heavy atom. The van der Waals surface area contributed by atoms with Crippen LogP contribution in [-0.2, 0) is 4.79 Å². The van der Waals surface area contributed by atoms with Crippen molar-refractivity contribution in [2.75, 3.05) is 13.1 Å². The van der Waals surface area contributed by atoms with Crippen LogP contribution in [0, 0.1) is 11.8 Å². The lowest BCUT2D eigenvalue weighted by atomic mass is 9.80. The van der Waals surface area contributed by atoms with Gasteiger partial charge in [0.25, 0.3) is 0 Å². The molecule has 3 nitrogen and oxygen atoms in total. The maximum absolute atomic E-state index is 11.8. The molecular weight excluding hydrogens is 178 g/mol. The fourth-order valence-electron chi connectivity index (χ4n) is 2.69. The van der Waals surface area contributed by atoms with E-state index in [1.54, 1.807) is 6.08 Å². The second-order valence-corrected chi connectivity index (χ2v) is 4.37. The molecule has 2 aliphatic rings. The summed E-state index contributed by atoms with van der Waals surface area (Å²) in [6.07, 6.45) is 4.02. The lowest BCUT2D eigenvalue weighted by Crippen LogP contribution is -2.29. The Hall–Kier alpha value is -0.830. The van der Waals surface area contributed by atoms with Gasteiger partial charge in [-0.1, -0.05) is 6.08 Å². The molecule has 1 saturated heterocycles. The van der Waals surface area contributed by atoms with Gasteiger partial charge in [-0.2, -0.15) is 0 Å². The van der Waals surface area contributed by atoms with Crippen molar-refractivity contribution in [1.29, 1.82) is 0 Å². The number of rotatable bonds is 2. The molecule has 0 aromatic carbocycles. The molecule has 3 atom stereocenters. The van der Waals surface area contributed by atoms with Crippen LogP contribution in [-0.4, -0.2) is 35.1 Å². The molecule has 78 valence electrons. The molecule has 3 heteroatoms. The predicted octanol–water partition coefficient (Wildman–Crippen LogP) is 0.792. The molecule has 1 N–H and O–H groups in total. The average molecular weight is 195 g/mol. The van der Waals surface area contributed by atoms with Gasteiger partial charge in [0.15, 0.2) is 0 Å². The Labute approximate surface area is 84.4 Å². The number of hydrogen-bond donors (Lipinski definition) is 1. The number of amides is 1. The molecule has 1 saturated carbocycles. The van der Waals surface area contributed by atoms with E-state index in [-0.39, 0.29) is 17.9 Å². The molecule has 1 heterocycles. The number of aliphatic hydroxyl groups excluding tert-OH is 1. The fourth-order valence-corrected chi connectivity index (χ4v) is 2.69. The van der Waals surface area contributed by atoms with Gasteiger partial charge in [-0.05, 0) is 25.2 Å². The van der Waals surface area contributed by atoms with E-state index in [0.29, 0.717) is 12.5 Å². The van der Waals surface area contributed by atoms with Crippen molar-refractivity contribution in [2.24, 2.45) is 11.8 Å². The number of likely N-dealkylation sites (tertiary alicyclic amines) is 1. The summed E-state index contributed by atoms with van der Waals surface area (Å²) in [6, 6.07) is 0. The van der Waals surface area contributed by atoms with E-state index in [0.717, 1.165) is 25.8 Å². The van der Waals surface area contributed by atoms with E-state index in [2.05, 4.69) is 6.58 Å². The van der Waals surface area contributed by atoms with E-state index in [1.165, 1.54) is 0 Å². The summed E-state index contributed by atoms with van der Waals surface area (Å²) in [7, 11) is 0. The van der Waals surface area contributed by atoms with Gasteiger partial charge in [-0.15, -0.1) is 6.58 Å². The lowest BCUT2D eigenvalue weighted by molar-refractivity contribution is -0.131. The third kappa shape index (κ3) is 1.57. The summed E-state index contributed by atoms with van der Waals surface area (Å²) < 4.78 is 0. The standard InChI is InChI=1S/C11H17NO2/c1-2-5-12-7-8-6-9(13)3-4-10(8)11(12)14/h2,8-10,13H,1,3-7H2/t8-,9+,10-/m0/s1. The molecule has 1 amide bonds. The Bertz CT molecular complexity index is 252. The van der Waals surface area contributed by atoms with Crippen LogP contribution in [0.1, 0.15) is 19.3 Å². The Morgan fingerprint density at radius 2 is 2.36 bits per heavy atom. The summed E-state index contributed by atoms with van der Waals surface area (Å²) in [5.41, 5.74) is 0. The van der Waals surface area contributed by atoms with Crippen LogP contribution in [0.3, 0.4) is 0 Å². The van der Waals surface area contributed by atoms with Crippen LogP contribution in [0.25, 0.3) is 0 Å². The van der Waals surface area contributed by atoms with Crippen molar-refractivity contribution >= 4 is 5.91 Å². The zero-order valence-electron chi connectivity index (χ0n) is 8.35. The topological polar surface area (TPSA) is 40.5 Å². The minimum atomic E-state index is -0.187. The first kappa shape index (κ1) is 9.71. The van der Waals surface area contributed by atoms with Gasteiger partial charge in [-0.3, -0.25) is 4.79 Å². The van der Waals surface area contributed by atoms with Gasteiger partial charge < -0.3 is 10.0 Å². The van der Waals surface area contributed by atoms with E-state index in [9.17, 15) is 9.90 Å². The summed E-state index contributed by atoms with van der Waals surface area (Å²) in [4.78, 5) is 13.7. The largest absolute Gasteiger partial charge is 0.393 e. The minimum Gasteiger partial charge on any atom is -0.393 e. The second kappa shape index (κ2) is 3.73. The average Bonchev–Trinajstić information content (AvgIpc) is 2.44. The van der Waals surface area contributed by atoms with Crippen molar-refractivity contribution < 1.29 is 9.90 Å². The molecule has 2 rings (SSSR count). The van der Waals surface area contributed by atoms with Gasteiger partial charge in [0.05, 0.1) is 6.10 Å². The zero-order chi connectivity index (χ0) is 10.1. The third-order valence-corrected chi connectivity index (χ3v) is 3.39. The highest BCUT2D eigenvalue weighted by Crippen LogP contribution is 2.36. The first-order chi connectivity index (χ1) is 6.72. The SMILES string of the molecule is C=CCN1C[C@@H]2C[C@H](O)CC[C@@H]2C1=O. The molecule has 1 aliphatic carbocycles. The van der Waals surface area contributed by atoms with E-state index in [4.69, 9.17) is 0 Å². The summed E-state index contributed by atoms with van der Waals surface area (Å²) in [6.45, 7) is 5.11. The van der Waals surface area contributed by atoms with E-state index < -0.39 is 0 Å². The van der Waals surface area contributed by atoms with Crippen LogP contribution in [0.2, 0.25) is 0 Å². The Morgan fingerprint density at radius 1 is 1.57 bits per heavy atom. The molecular formula is C11H17NO2. The molecule has 0 bridgehead atoms. The van der Waals surface area contributed by atoms with Gasteiger partial charge in [-0.25, -0.2) is 0 Å². The van der Waals surface area contributed by atoms with Crippen LogP contribution in [0.15, 0.2) is 12.7 Å². The van der Waals surface area contributed by atoms with Crippen molar-refractivity contribution in [3.63, 3.8) is 0 Å². The molecule has 2 fully saturated rings. The number of fused-ring (bicyclic) bond motifs is 1. The highest BCUT2D eigenvalue weighted by molar-refractivity contribution is 5.81. The van der Waals surface area contributed by atoms with Crippen LogP contribution in [0.5, 0.6) is 0 Å². The number of hydrogen-bond acceptors (Lipinski definition) is 2. The van der Waals surface area contributed by atoms with Crippen molar-refractivity contribution in [3.8, 4) is 0 Å². The molecule has 0 unspecified atom stereocenters. The van der Waals surface area contributed by atoms with Crippen molar-refractivity contribution in [1.82, 2.24) is 4.90 Å². The summed E-state index contributed by atoms with van der Waals surface area (Å²) in [5, 5.41) is 9.51. The monoisotopic (exact) mass is 195 g/mol. The van der Waals surface area contributed by atoms with Gasteiger partial charge in [0, 0.05) is 19.0 Å². The quantitative estimate of drug-likeness (QED) is 0.662. The summed E-state index contributed by atoms with van der Waals surface area (Å²) in [5.74, 6) is 0.825. The molecule has 0 aromatic heterocycles. The lowest BCUT2D eigenvalue weighted by Gasteiger charge is -2.25. The highest BCUT2D eigenvalue weighted by Gasteiger charge is 2.42. The maximum Gasteiger partial charge on any atom is 0.226 e. The number of carbonyl (C=O) groups excluding carboxylic acids is 1. The molecule has 0 radical (unpaired) electrons. The van der Waals surface area contributed by atoms with Crippen LogP contribution < -0.4 is 0 Å². The maximum atomic E-state index is 11.8. The fraction of sp³-hybridized carbons (Fsp3) is 0.727. The van der Waals surface area contributed by atoms with E-state index >= 15 is 0 Å². The minimum absolute atomic E-state index is 0.179. The number of nitrogens with zero attached hydrogens (tertiary/aromatic N) is 1. The second-order valence-electron chi connectivity index (χ2n) is 4.37. The van der Waals surface area contributed by atoms with Crippen LogP contribution >= 0.6 is 0 Å². The first-order valence-corrected chi connectivity index (χ1v) is 5.30. The Kier molecular flexibility index (Phi) is 2.59. The molecule has 0 spiro atoms. The normalized spacial score (nSPS) is 37.1. The molecule has 0 aromatic rings. The Balaban J connectivity index is 2.04. The first-order valence-electron chi connectivity index (χ1n) is 5.30.